The van der Waals surface area contributed by atoms with Crippen LogP contribution in [0.2, 0.25) is 0 Å². The average Bonchev–Trinajstić information content (AvgIpc) is 2.40. The molecule has 0 radical (unpaired) electrons. The van der Waals surface area contributed by atoms with E-state index in [0.29, 0.717) is 6.54 Å². The third-order valence-electron chi connectivity index (χ3n) is 3.81. The van der Waals surface area contributed by atoms with Crippen LogP contribution in [0.1, 0.15) is 37.9 Å². The Balaban J connectivity index is 1.99. The second kappa shape index (κ2) is 6.32. The zero-order valence-corrected chi connectivity index (χ0v) is 11.0. The standard InChI is InChI=1S/C15H23NO2/c1-12(17)14-9-5-6-10-16(14)11-15(18)13-7-3-2-4-8-13/h2-4,7-8,12,14-15,17-18H,5-6,9-11H2,1H3. The lowest BCUT2D eigenvalue weighted by Crippen LogP contribution is -2.47. The lowest BCUT2D eigenvalue weighted by molar-refractivity contribution is 0.00763. The zero-order chi connectivity index (χ0) is 13.0. The molecule has 0 aromatic heterocycles. The Morgan fingerprint density at radius 2 is 1.94 bits per heavy atom. The van der Waals surface area contributed by atoms with Gasteiger partial charge in [0.05, 0.1) is 12.2 Å². The van der Waals surface area contributed by atoms with Gasteiger partial charge in [0.1, 0.15) is 0 Å². The Kier molecular flexibility index (Phi) is 4.75. The van der Waals surface area contributed by atoms with Gasteiger partial charge < -0.3 is 10.2 Å². The third-order valence-corrected chi connectivity index (χ3v) is 3.81. The van der Waals surface area contributed by atoms with Crippen molar-refractivity contribution in [2.75, 3.05) is 13.1 Å². The van der Waals surface area contributed by atoms with Crippen molar-refractivity contribution < 1.29 is 10.2 Å². The smallest absolute Gasteiger partial charge is 0.0917 e. The summed E-state index contributed by atoms with van der Waals surface area (Å²) in [6, 6.07) is 9.94. The van der Waals surface area contributed by atoms with Crippen LogP contribution in [0.3, 0.4) is 0 Å². The van der Waals surface area contributed by atoms with Crippen LogP contribution in [0.5, 0.6) is 0 Å². The summed E-state index contributed by atoms with van der Waals surface area (Å²) < 4.78 is 0. The number of likely N-dealkylation sites (tertiary alicyclic amines) is 1. The largest absolute Gasteiger partial charge is 0.392 e. The topological polar surface area (TPSA) is 43.7 Å². The fourth-order valence-electron chi connectivity index (χ4n) is 2.79. The molecule has 0 aliphatic carbocycles. The van der Waals surface area contributed by atoms with Gasteiger partial charge in [0.15, 0.2) is 0 Å². The van der Waals surface area contributed by atoms with Crippen LogP contribution in [0, 0.1) is 0 Å². The maximum Gasteiger partial charge on any atom is 0.0917 e. The first kappa shape index (κ1) is 13.5. The highest BCUT2D eigenvalue weighted by atomic mass is 16.3. The summed E-state index contributed by atoms with van der Waals surface area (Å²) in [6.07, 6.45) is 2.57. The second-order valence-corrected chi connectivity index (χ2v) is 5.23. The quantitative estimate of drug-likeness (QED) is 0.857. The minimum Gasteiger partial charge on any atom is -0.392 e. The predicted molar refractivity (Wildman–Crippen MR) is 72.3 cm³/mol. The molecule has 2 rings (SSSR count). The molecule has 3 unspecified atom stereocenters. The Labute approximate surface area is 109 Å². The second-order valence-electron chi connectivity index (χ2n) is 5.23. The van der Waals surface area contributed by atoms with Crippen LogP contribution in [-0.4, -0.2) is 40.3 Å². The SMILES string of the molecule is CC(O)C1CCCCN1CC(O)c1ccccc1. The van der Waals surface area contributed by atoms with E-state index < -0.39 is 6.10 Å². The molecule has 1 aliphatic heterocycles. The van der Waals surface area contributed by atoms with Gasteiger partial charge in [-0.15, -0.1) is 0 Å². The van der Waals surface area contributed by atoms with Gasteiger partial charge in [-0.2, -0.15) is 0 Å². The van der Waals surface area contributed by atoms with Gasteiger partial charge in [0.2, 0.25) is 0 Å². The van der Waals surface area contributed by atoms with Crippen LogP contribution < -0.4 is 0 Å². The van der Waals surface area contributed by atoms with E-state index in [0.717, 1.165) is 24.9 Å². The molecule has 0 bridgehead atoms. The van der Waals surface area contributed by atoms with E-state index >= 15 is 0 Å². The van der Waals surface area contributed by atoms with Crippen molar-refractivity contribution >= 4 is 0 Å². The van der Waals surface area contributed by atoms with E-state index in [2.05, 4.69) is 4.90 Å². The molecule has 0 amide bonds. The predicted octanol–water partition coefficient (Wildman–Crippen LogP) is 1.96. The summed E-state index contributed by atoms with van der Waals surface area (Å²) in [7, 11) is 0. The van der Waals surface area contributed by atoms with E-state index in [4.69, 9.17) is 0 Å². The van der Waals surface area contributed by atoms with Gasteiger partial charge in [-0.05, 0) is 31.9 Å². The van der Waals surface area contributed by atoms with Crippen molar-refractivity contribution in [2.24, 2.45) is 0 Å². The number of β-amino-alcohol motifs (C(OH)–C–C–N with tert-alkyl or cyclic N) is 1. The maximum absolute atomic E-state index is 10.2. The van der Waals surface area contributed by atoms with E-state index in [1.165, 1.54) is 6.42 Å². The highest BCUT2D eigenvalue weighted by Gasteiger charge is 2.27. The molecule has 3 atom stereocenters. The molecule has 0 spiro atoms. The first-order valence-electron chi connectivity index (χ1n) is 6.83. The van der Waals surface area contributed by atoms with Crippen molar-refractivity contribution in [3.63, 3.8) is 0 Å². The highest BCUT2D eigenvalue weighted by Crippen LogP contribution is 2.23. The van der Waals surface area contributed by atoms with Crippen molar-refractivity contribution in [2.45, 2.75) is 44.4 Å². The molecule has 100 valence electrons. The Morgan fingerprint density at radius 1 is 1.22 bits per heavy atom. The van der Waals surface area contributed by atoms with Crippen molar-refractivity contribution in [1.29, 1.82) is 0 Å². The normalized spacial score (nSPS) is 24.7. The lowest BCUT2D eigenvalue weighted by atomic mass is 9.97. The Morgan fingerprint density at radius 3 is 2.61 bits per heavy atom. The molecular weight excluding hydrogens is 226 g/mol. The van der Waals surface area contributed by atoms with Gasteiger partial charge in [-0.1, -0.05) is 36.8 Å². The van der Waals surface area contributed by atoms with E-state index in [9.17, 15) is 10.2 Å². The summed E-state index contributed by atoms with van der Waals surface area (Å²) >= 11 is 0. The van der Waals surface area contributed by atoms with E-state index in [1.807, 2.05) is 37.3 Å². The van der Waals surface area contributed by atoms with E-state index in [1.54, 1.807) is 0 Å². The molecule has 1 aromatic carbocycles. The molecule has 1 saturated heterocycles. The average molecular weight is 249 g/mol. The van der Waals surface area contributed by atoms with Crippen molar-refractivity contribution in [1.82, 2.24) is 4.90 Å². The summed E-state index contributed by atoms with van der Waals surface area (Å²) in [5, 5.41) is 20.1. The van der Waals surface area contributed by atoms with Gasteiger partial charge >= 0.3 is 0 Å². The minimum atomic E-state index is -0.467. The number of piperidine rings is 1. The first-order chi connectivity index (χ1) is 8.68. The number of aliphatic hydroxyl groups excluding tert-OH is 2. The van der Waals surface area contributed by atoms with Gasteiger partial charge in [0.25, 0.3) is 0 Å². The third kappa shape index (κ3) is 3.31. The number of nitrogens with zero attached hydrogens (tertiary/aromatic N) is 1. The molecule has 3 heteroatoms. The number of hydrogen-bond acceptors (Lipinski definition) is 3. The summed E-state index contributed by atoms with van der Waals surface area (Å²) in [5.41, 5.74) is 0.951. The fourth-order valence-corrected chi connectivity index (χ4v) is 2.79. The van der Waals surface area contributed by atoms with Crippen molar-refractivity contribution in [3.05, 3.63) is 35.9 Å². The van der Waals surface area contributed by atoms with Gasteiger partial charge in [-0.25, -0.2) is 0 Å². The van der Waals surface area contributed by atoms with Gasteiger partial charge in [-0.3, -0.25) is 4.90 Å². The van der Waals surface area contributed by atoms with Crippen molar-refractivity contribution in [3.8, 4) is 0 Å². The molecule has 0 saturated carbocycles. The highest BCUT2D eigenvalue weighted by molar-refractivity contribution is 5.17. The fraction of sp³-hybridized carbons (Fsp3) is 0.600. The minimum absolute atomic E-state index is 0.192. The molecule has 18 heavy (non-hydrogen) atoms. The molecular formula is C15H23NO2. The van der Waals surface area contributed by atoms with Crippen LogP contribution in [-0.2, 0) is 0 Å². The lowest BCUT2D eigenvalue weighted by Gasteiger charge is -2.38. The number of hydrogen-bond donors (Lipinski definition) is 2. The number of rotatable bonds is 4. The Bertz CT molecular complexity index is 353. The maximum atomic E-state index is 10.2. The summed E-state index contributed by atoms with van der Waals surface area (Å²) in [4.78, 5) is 2.23. The molecule has 1 aliphatic rings. The van der Waals surface area contributed by atoms with Crippen LogP contribution >= 0.6 is 0 Å². The summed E-state index contributed by atoms with van der Waals surface area (Å²) in [6.45, 7) is 3.43. The number of aliphatic hydroxyl groups is 2. The van der Waals surface area contributed by atoms with E-state index in [-0.39, 0.29) is 12.1 Å². The zero-order valence-electron chi connectivity index (χ0n) is 11.0. The molecule has 2 N–H and O–H groups in total. The number of benzene rings is 1. The molecule has 3 nitrogen and oxygen atoms in total. The molecule has 1 fully saturated rings. The Hall–Kier alpha value is -0.900. The van der Waals surface area contributed by atoms with Crippen LogP contribution in [0.15, 0.2) is 30.3 Å². The van der Waals surface area contributed by atoms with Gasteiger partial charge in [0, 0.05) is 12.6 Å². The summed E-state index contributed by atoms with van der Waals surface area (Å²) in [5.74, 6) is 0. The first-order valence-corrected chi connectivity index (χ1v) is 6.83. The van der Waals surface area contributed by atoms with Crippen LogP contribution in [0.25, 0.3) is 0 Å². The molecule has 1 aromatic rings. The van der Waals surface area contributed by atoms with Crippen LogP contribution in [0.4, 0.5) is 0 Å². The monoisotopic (exact) mass is 249 g/mol. The molecule has 1 heterocycles.